The number of ether oxygens (including phenoxy) is 1. The van der Waals surface area contributed by atoms with Gasteiger partial charge in [0.25, 0.3) is 5.91 Å². The largest absolute Gasteiger partial charge is 0.466 e. The lowest BCUT2D eigenvalue weighted by Gasteiger charge is -2.19. The van der Waals surface area contributed by atoms with E-state index in [4.69, 9.17) is 10.00 Å². The van der Waals surface area contributed by atoms with Crippen LogP contribution in [0.25, 0.3) is 0 Å². The van der Waals surface area contributed by atoms with Gasteiger partial charge < -0.3 is 20.7 Å². The SMILES string of the molecule is CCOC(=O)CC(NC(=O)CNC(=O)c1cccc(NC(=NCc2cccnc2)NC#N)c1)c1ccccc1. The minimum absolute atomic E-state index is 0.0351. The Kier molecular flexibility index (Phi) is 11.0. The van der Waals surface area contributed by atoms with Crippen molar-refractivity contribution in [2.75, 3.05) is 18.5 Å². The number of esters is 1. The van der Waals surface area contributed by atoms with E-state index in [-0.39, 0.29) is 25.5 Å². The van der Waals surface area contributed by atoms with Crippen molar-refractivity contribution in [1.82, 2.24) is 20.9 Å². The van der Waals surface area contributed by atoms with Gasteiger partial charge in [-0.1, -0.05) is 42.5 Å². The number of pyridine rings is 1. The van der Waals surface area contributed by atoms with Crippen LogP contribution in [-0.2, 0) is 20.9 Å². The summed E-state index contributed by atoms with van der Waals surface area (Å²) in [6, 6.07) is 18.6. The van der Waals surface area contributed by atoms with Gasteiger partial charge in [0.1, 0.15) is 0 Å². The molecule has 0 radical (unpaired) electrons. The quantitative estimate of drug-likeness (QED) is 0.0974. The number of aromatic nitrogens is 1. The van der Waals surface area contributed by atoms with Gasteiger partial charge in [-0.15, -0.1) is 0 Å². The molecule has 0 aliphatic rings. The maximum Gasteiger partial charge on any atom is 0.308 e. The highest BCUT2D eigenvalue weighted by Gasteiger charge is 2.19. The molecule has 11 nitrogen and oxygen atoms in total. The Morgan fingerprint density at radius 3 is 2.62 bits per heavy atom. The van der Waals surface area contributed by atoms with Gasteiger partial charge in [0.15, 0.2) is 6.19 Å². The van der Waals surface area contributed by atoms with E-state index in [1.807, 2.05) is 30.5 Å². The number of aliphatic imine (C=N–C) groups is 1. The molecule has 2 aromatic carbocycles. The molecule has 11 heteroatoms. The number of hydrogen-bond acceptors (Lipinski definition) is 7. The van der Waals surface area contributed by atoms with Gasteiger partial charge in [-0.2, -0.15) is 5.26 Å². The molecule has 1 aromatic heterocycles. The fraction of sp³-hybridized carbons (Fsp3) is 0.214. The molecule has 2 amide bonds. The molecule has 0 saturated carbocycles. The molecule has 0 aliphatic heterocycles. The summed E-state index contributed by atoms with van der Waals surface area (Å²) in [5, 5.41) is 19.9. The first kappa shape index (κ1) is 28.3. The number of rotatable bonds is 11. The minimum atomic E-state index is -0.598. The summed E-state index contributed by atoms with van der Waals surface area (Å²) in [6.45, 7) is 1.95. The van der Waals surface area contributed by atoms with Gasteiger partial charge in [0.2, 0.25) is 11.9 Å². The lowest BCUT2D eigenvalue weighted by molar-refractivity contribution is -0.143. The summed E-state index contributed by atoms with van der Waals surface area (Å²) in [4.78, 5) is 45.8. The van der Waals surface area contributed by atoms with Gasteiger partial charge in [-0.25, -0.2) is 4.99 Å². The Balaban J connectivity index is 1.59. The Morgan fingerprint density at radius 2 is 1.90 bits per heavy atom. The van der Waals surface area contributed by atoms with Gasteiger partial charge in [-0.3, -0.25) is 24.7 Å². The molecule has 4 N–H and O–H groups in total. The van der Waals surface area contributed by atoms with Crippen LogP contribution >= 0.6 is 0 Å². The van der Waals surface area contributed by atoms with Gasteiger partial charge in [0.05, 0.1) is 32.2 Å². The molecule has 0 bridgehead atoms. The van der Waals surface area contributed by atoms with Gasteiger partial charge in [0, 0.05) is 23.6 Å². The Labute approximate surface area is 226 Å². The second kappa shape index (κ2) is 15.1. The van der Waals surface area contributed by atoms with E-state index < -0.39 is 23.8 Å². The molecule has 3 rings (SSSR count). The van der Waals surface area contributed by atoms with Crippen molar-refractivity contribution < 1.29 is 19.1 Å². The zero-order valence-corrected chi connectivity index (χ0v) is 21.4. The predicted octanol–water partition coefficient (Wildman–Crippen LogP) is 2.66. The standard InChI is InChI=1S/C28H29N7O4/c1-2-39-26(37)15-24(21-9-4-3-5-10-21)35-25(36)18-31-27(38)22-11-6-12-23(14-22)34-28(33-19-29)32-17-20-8-7-13-30-16-20/h3-14,16,24H,2,15,17-18H2,1H3,(H,31,38)(H,35,36)(H2,32,33,34). The van der Waals surface area contributed by atoms with Crippen molar-refractivity contribution in [3.8, 4) is 6.19 Å². The molecule has 39 heavy (non-hydrogen) atoms. The van der Waals surface area contributed by atoms with E-state index >= 15 is 0 Å². The number of amides is 2. The van der Waals surface area contributed by atoms with E-state index in [9.17, 15) is 14.4 Å². The van der Waals surface area contributed by atoms with Crippen LogP contribution in [0.5, 0.6) is 0 Å². The summed E-state index contributed by atoms with van der Waals surface area (Å²) < 4.78 is 5.02. The zero-order valence-electron chi connectivity index (χ0n) is 21.4. The first-order chi connectivity index (χ1) is 19.0. The topological polar surface area (TPSA) is 158 Å². The highest BCUT2D eigenvalue weighted by atomic mass is 16.5. The molecule has 200 valence electrons. The number of nitrogens with one attached hydrogen (secondary N) is 4. The van der Waals surface area contributed by atoms with Crippen molar-refractivity contribution in [3.05, 3.63) is 95.8 Å². The number of nitrogens with zero attached hydrogens (tertiary/aromatic N) is 3. The van der Waals surface area contributed by atoms with Gasteiger partial charge >= 0.3 is 5.97 Å². The first-order valence-corrected chi connectivity index (χ1v) is 12.2. The molecular formula is C28H29N7O4. The van der Waals surface area contributed by atoms with Gasteiger partial charge in [-0.05, 0) is 42.3 Å². The number of carbonyl (C=O) groups is 3. The lowest BCUT2D eigenvalue weighted by atomic mass is 10.0. The van der Waals surface area contributed by atoms with E-state index in [1.54, 1.807) is 61.8 Å². The molecule has 1 unspecified atom stereocenters. The zero-order chi connectivity index (χ0) is 27.9. The third-order valence-electron chi connectivity index (χ3n) is 5.33. The third kappa shape index (κ3) is 9.62. The molecule has 0 aliphatic carbocycles. The molecule has 1 atom stereocenters. The number of carbonyl (C=O) groups excluding carboxylic acids is 3. The van der Waals surface area contributed by atoms with Crippen molar-refractivity contribution in [3.63, 3.8) is 0 Å². The lowest BCUT2D eigenvalue weighted by Crippen LogP contribution is -2.39. The second-order valence-electron chi connectivity index (χ2n) is 8.19. The first-order valence-electron chi connectivity index (χ1n) is 12.2. The number of anilines is 1. The van der Waals surface area contributed by atoms with E-state index in [2.05, 4.69) is 31.2 Å². The smallest absolute Gasteiger partial charge is 0.308 e. The normalized spacial score (nSPS) is 11.4. The summed E-state index contributed by atoms with van der Waals surface area (Å²) in [7, 11) is 0. The minimum Gasteiger partial charge on any atom is -0.466 e. The van der Waals surface area contributed by atoms with Crippen LogP contribution in [0.3, 0.4) is 0 Å². The fourth-order valence-electron chi connectivity index (χ4n) is 3.53. The molecule has 0 fully saturated rings. The number of nitriles is 1. The molecule has 3 aromatic rings. The average molecular weight is 528 g/mol. The van der Waals surface area contributed by atoms with Crippen molar-refractivity contribution >= 4 is 29.4 Å². The van der Waals surface area contributed by atoms with Crippen LogP contribution in [-0.4, -0.2) is 41.9 Å². The highest BCUT2D eigenvalue weighted by molar-refractivity contribution is 5.99. The van der Waals surface area contributed by atoms with Crippen molar-refractivity contribution in [2.45, 2.75) is 25.9 Å². The Bertz CT molecular complexity index is 1320. The molecule has 0 saturated heterocycles. The van der Waals surface area contributed by atoms with Crippen LogP contribution < -0.4 is 21.3 Å². The highest BCUT2D eigenvalue weighted by Crippen LogP contribution is 2.17. The van der Waals surface area contributed by atoms with E-state index in [0.29, 0.717) is 17.8 Å². The fourth-order valence-corrected chi connectivity index (χ4v) is 3.53. The average Bonchev–Trinajstić information content (AvgIpc) is 2.96. The summed E-state index contributed by atoms with van der Waals surface area (Å²) in [6.07, 6.45) is 5.13. The number of guanidine groups is 1. The maximum absolute atomic E-state index is 12.7. The van der Waals surface area contributed by atoms with E-state index in [0.717, 1.165) is 11.1 Å². The molecular weight excluding hydrogens is 498 g/mol. The monoisotopic (exact) mass is 527 g/mol. The van der Waals surface area contributed by atoms with Crippen LogP contribution in [0.1, 0.15) is 40.9 Å². The molecule has 0 spiro atoms. The number of hydrogen-bond donors (Lipinski definition) is 4. The number of benzene rings is 2. The summed E-state index contributed by atoms with van der Waals surface area (Å²) >= 11 is 0. The van der Waals surface area contributed by atoms with Crippen molar-refractivity contribution in [1.29, 1.82) is 5.26 Å². The Morgan fingerprint density at radius 1 is 1.08 bits per heavy atom. The second-order valence-corrected chi connectivity index (χ2v) is 8.19. The van der Waals surface area contributed by atoms with Crippen LogP contribution in [0, 0.1) is 11.5 Å². The van der Waals surface area contributed by atoms with Crippen LogP contribution in [0.4, 0.5) is 5.69 Å². The van der Waals surface area contributed by atoms with E-state index in [1.165, 1.54) is 0 Å². The molecule has 1 heterocycles. The summed E-state index contributed by atoms with van der Waals surface area (Å²) in [5.74, 6) is -1.17. The van der Waals surface area contributed by atoms with Crippen LogP contribution in [0.2, 0.25) is 0 Å². The van der Waals surface area contributed by atoms with Crippen molar-refractivity contribution in [2.24, 2.45) is 4.99 Å². The van der Waals surface area contributed by atoms with Crippen LogP contribution in [0.15, 0.2) is 84.1 Å². The maximum atomic E-state index is 12.7. The predicted molar refractivity (Wildman–Crippen MR) is 145 cm³/mol. The third-order valence-corrected chi connectivity index (χ3v) is 5.33. The summed E-state index contributed by atoms with van der Waals surface area (Å²) in [5.41, 5.74) is 2.41. The Hall–Kier alpha value is -5.24.